The van der Waals surface area contributed by atoms with E-state index < -0.39 is 4.20 Å². The van der Waals surface area contributed by atoms with Crippen molar-refractivity contribution in [2.24, 2.45) is 0 Å². The van der Waals surface area contributed by atoms with E-state index in [9.17, 15) is 0 Å². The fraction of sp³-hybridized carbons (Fsp3) is 0.250. The van der Waals surface area contributed by atoms with Gasteiger partial charge in [0.1, 0.15) is 4.20 Å². The van der Waals surface area contributed by atoms with Gasteiger partial charge in [-0.2, -0.15) is 0 Å². The molecule has 1 aromatic carbocycles. The summed E-state index contributed by atoms with van der Waals surface area (Å²) in [4.78, 5) is 0. The molecule has 0 unspecified atom stereocenters. The Hall–Kier alpha value is -0.120. The van der Waals surface area contributed by atoms with E-state index in [1.165, 1.54) is 11.1 Å². The lowest BCUT2D eigenvalue weighted by molar-refractivity contribution is 0.711. The molecule has 1 aliphatic rings. The molecule has 0 aliphatic carbocycles. The van der Waals surface area contributed by atoms with Gasteiger partial charge in [0.25, 0.3) is 0 Å². The van der Waals surface area contributed by atoms with Crippen molar-refractivity contribution in [3.05, 3.63) is 35.4 Å². The molecule has 0 fully saturated rings. The van der Waals surface area contributed by atoms with E-state index in [1.807, 2.05) is 12.1 Å². The lowest BCUT2D eigenvalue weighted by atomic mass is 10.1. The Morgan fingerprint density at radius 1 is 1.27 bits per heavy atom. The first-order valence-electron chi connectivity index (χ1n) is 3.48. The maximum absolute atomic E-state index is 4.38. The monoisotopic (exact) mass is 183 g/mol. The highest BCUT2D eigenvalue weighted by Gasteiger charge is 2.30. The van der Waals surface area contributed by atoms with Crippen molar-refractivity contribution < 1.29 is 0 Å². The summed E-state index contributed by atoms with van der Waals surface area (Å²) in [6, 6.07) is 8.18. The van der Waals surface area contributed by atoms with Crippen LogP contribution in [0.2, 0.25) is 0 Å². The molecule has 0 bridgehead atoms. The predicted octanol–water partition coefficient (Wildman–Crippen LogP) is 1.76. The summed E-state index contributed by atoms with van der Waals surface area (Å²) in [6.45, 7) is 0.864. The fourth-order valence-corrected chi connectivity index (χ4v) is 1.92. The second-order valence-corrected chi connectivity index (χ2v) is 4.38. The smallest absolute Gasteiger partial charge is 0.132 e. The van der Waals surface area contributed by atoms with Crippen molar-refractivity contribution in [1.82, 2.24) is 5.32 Å². The van der Waals surface area contributed by atoms with Gasteiger partial charge in [0.05, 0.1) is 0 Å². The van der Waals surface area contributed by atoms with Gasteiger partial charge in [-0.25, -0.2) is 0 Å². The number of fused-ring (bicyclic) bond motifs is 1. The second-order valence-electron chi connectivity index (χ2n) is 2.68. The average molecular weight is 183 g/mol. The molecule has 0 spiro atoms. The summed E-state index contributed by atoms with van der Waals surface area (Å²) < 4.78 is -0.434. The quantitative estimate of drug-likeness (QED) is 0.411. The van der Waals surface area contributed by atoms with Crippen molar-refractivity contribution in [1.29, 1.82) is 0 Å². The van der Waals surface area contributed by atoms with E-state index in [0.717, 1.165) is 6.54 Å². The molecule has 1 aromatic rings. The maximum atomic E-state index is 4.38. The van der Waals surface area contributed by atoms with Crippen LogP contribution in [0, 0.1) is 0 Å². The fourth-order valence-electron chi connectivity index (χ4n) is 1.33. The molecule has 1 nitrogen and oxygen atoms in total. The van der Waals surface area contributed by atoms with Crippen LogP contribution in [0.3, 0.4) is 0 Å². The first kappa shape index (κ1) is 7.53. The molecule has 11 heavy (non-hydrogen) atoms. The summed E-state index contributed by atoms with van der Waals surface area (Å²) in [6.07, 6.45) is 0. The molecule has 0 aromatic heterocycles. The third kappa shape index (κ3) is 1.17. The Kier molecular flexibility index (Phi) is 1.67. The zero-order chi connectivity index (χ0) is 7.90. The largest absolute Gasteiger partial charge is 0.287 e. The summed E-state index contributed by atoms with van der Waals surface area (Å²) in [5, 5.41) is 3.19. The van der Waals surface area contributed by atoms with E-state index in [-0.39, 0.29) is 0 Å². The summed E-state index contributed by atoms with van der Waals surface area (Å²) in [5.74, 6) is 0. The molecule has 1 N–H and O–H groups in total. The summed E-state index contributed by atoms with van der Waals surface area (Å²) in [5.41, 5.74) is 2.46. The highest BCUT2D eigenvalue weighted by Crippen LogP contribution is 2.36. The van der Waals surface area contributed by atoms with Crippen molar-refractivity contribution in [3.8, 4) is 0 Å². The lowest BCUT2D eigenvalue weighted by Crippen LogP contribution is -2.23. The van der Waals surface area contributed by atoms with Crippen molar-refractivity contribution in [3.63, 3.8) is 0 Å². The van der Waals surface area contributed by atoms with Gasteiger partial charge in [0.2, 0.25) is 0 Å². The van der Waals surface area contributed by atoms with E-state index in [4.69, 9.17) is 0 Å². The molecular formula is C8H9NS2. The molecule has 1 heterocycles. The van der Waals surface area contributed by atoms with Crippen LogP contribution in [0.1, 0.15) is 11.1 Å². The van der Waals surface area contributed by atoms with Gasteiger partial charge < -0.3 is 0 Å². The minimum Gasteiger partial charge on any atom is -0.287 e. The standard InChI is InChI=1S/C8H9NS2/c10-8(11)7-4-2-1-3-6(7)5-9-8/h1-4,9-11H,5H2. The topological polar surface area (TPSA) is 12.0 Å². The van der Waals surface area contributed by atoms with E-state index in [0.29, 0.717) is 0 Å². The molecule has 0 saturated carbocycles. The van der Waals surface area contributed by atoms with Gasteiger partial charge in [-0.3, -0.25) is 5.32 Å². The first-order valence-corrected chi connectivity index (χ1v) is 4.38. The maximum Gasteiger partial charge on any atom is 0.132 e. The number of thiol groups is 2. The Morgan fingerprint density at radius 2 is 2.00 bits per heavy atom. The number of hydrogen-bond acceptors (Lipinski definition) is 3. The van der Waals surface area contributed by atoms with Gasteiger partial charge in [0.15, 0.2) is 0 Å². The Bertz CT molecular complexity index is 283. The van der Waals surface area contributed by atoms with Crippen LogP contribution >= 0.6 is 25.3 Å². The Morgan fingerprint density at radius 3 is 2.73 bits per heavy atom. The number of hydrogen-bond donors (Lipinski definition) is 3. The van der Waals surface area contributed by atoms with Crippen molar-refractivity contribution >= 4 is 25.3 Å². The minimum atomic E-state index is -0.434. The normalized spacial score (nSPS) is 19.8. The second kappa shape index (κ2) is 2.44. The minimum absolute atomic E-state index is 0.434. The highest BCUT2D eigenvalue weighted by atomic mass is 32.2. The van der Waals surface area contributed by atoms with Crippen LogP contribution in [0.15, 0.2) is 24.3 Å². The van der Waals surface area contributed by atoms with Crippen LogP contribution in [-0.2, 0) is 10.7 Å². The number of rotatable bonds is 0. The Labute approximate surface area is 77.0 Å². The molecule has 2 rings (SSSR count). The molecule has 0 saturated heterocycles. The van der Waals surface area contributed by atoms with Crippen LogP contribution in [-0.4, -0.2) is 0 Å². The third-order valence-corrected chi connectivity index (χ3v) is 2.72. The van der Waals surface area contributed by atoms with Gasteiger partial charge in [0, 0.05) is 6.54 Å². The molecular weight excluding hydrogens is 174 g/mol. The molecule has 0 amide bonds. The first-order chi connectivity index (χ1) is 5.20. The summed E-state index contributed by atoms with van der Waals surface area (Å²) >= 11 is 8.76. The molecule has 0 atom stereocenters. The van der Waals surface area contributed by atoms with Gasteiger partial charge in [-0.1, -0.05) is 24.3 Å². The van der Waals surface area contributed by atoms with Crippen LogP contribution in [0.5, 0.6) is 0 Å². The third-order valence-electron chi connectivity index (χ3n) is 1.92. The van der Waals surface area contributed by atoms with Crippen molar-refractivity contribution in [2.75, 3.05) is 0 Å². The van der Waals surface area contributed by atoms with Crippen LogP contribution < -0.4 is 5.32 Å². The highest BCUT2D eigenvalue weighted by molar-refractivity contribution is 7.99. The van der Waals surface area contributed by atoms with Gasteiger partial charge in [-0.05, 0) is 11.1 Å². The number of nitrogens with one attached hydrogen (secondary N) is 1. The Balaban J connectivity index is 2.56. The molecule has 58 valence electrons. The predicted molar refractivity (Wildman–Crippen MR) is 52.9 cm³/mol. The van der Waals surface area contributed by atoms with Crippen LogP contribution in [0.25, 0.3) is 0 Å². The van der Waals surface area contributed by atoms with E-state index >= 15 is 0 Å². The summed E-state index contributed by atoms with van der Waals surface area (Å²) in [7, 11) is 0. The van der Waals surface area contributed by atoms with E-state index in [1.54, 1.807) is 0 Å². The molecule has 1 aliphatic heterocycles. The lowest BCUT2D eigenvalue weighted by Gasteiger charge is -2.16. The van der Waals surface area contributed by atoms with Gasteiger partial charge in [-0.15, -0.1) is 25.3 Å². The zero-order valence-corrected chi connectivity index (χ0v) is 7.70. The SMILES string of the molecule is SC1(S)NCc2ccccc21. The average Bonchev–Trinajstić information content (AvgIpc) is 2.29. The zero-order valence-electron chi connectivity index (χ0n) is 5.91. The van der Waals surface area contributed by atoms with E-state index in [2.05, 4.69) is 42.7 Å². The number of benzene rings is 1. The molecule has 0 radical (unpaired) electrons. The molecule has 3 heteroatoms. The van der Waals surface area contributed by atoms with Gasteiger partial charge >= 0.3 is 0 Å². The van der Waals surface area contributed by atoms with Crippen molar-refractivity contribution in [2.45, 2.75) is 10.7 Å². The van der Waals surface area contributed by atoms with Crippen LogP contribution in [0.4, 0.5) is 0 Å².